The number of nitrogen functional groups attached to an aromatic ring is 1. The molecule has 18 heavy (non-hydrogen) atoms. The quantitative estimate of drug-likeness (QED) is 0.692. The van der Waals surface area contributed by atoms with E-state index in [9.17, 15) is 4.79 Å². The van der Waals surface area contributed by atoms with Crippen LogP contribution in [0.4, 0.5) is 5.69 Å². The molecule has 0 saturated carbocycles. The van der Waals surface area contributed by atoms with Gasteiger partial charge in [-0.3, -0.25) is 4.79 Å². The smallest absolute Gasteiger partial charge is 0.267 e. The SMILES string of the molecule is CCCn1cc(N)cc1C(=O)NCCCCOC. The molecule has 0 aliphatic carbocycles. The molecule has 0 fully saturated rings. The van der Waals surface area contributed by atoms with Gasteiger partial charge in [-0.25, -0.2) is 0 Å². The summed E-state index contributed by atoms with van der Waals surface area (Å²) in [5.41, 5.74) is 7.00. The topological polar surface area (TPSA) is 69.3 Å². The largest absolute Gasteiger partial charge is 0.397 e. The number of carbonyl (C=O) groups excluding carboxylic acids is 1. The van der Waals surface area contributed by atoms with Crippen molar-refractivity contribution >= 4 is 11.6 Å². The van der Waals surface area contributed by atoms with Crippen LogP contribution in [0.3, 0.4) is 0 Å². The lowest BCUT2D eigenvalue weighted by Gasteiger charge is -2.08. The highest BCUT2D eigenvalue weighted by molar-refractivity contribution is 5.93. The first-order chi connectivity index (χ1) is 8.69. The Morgan fingerprint density at radius 2 is 2.28 bits per heavy atom. The summed E-state index contributed by atoms with van der Waals surface area (Å²) < 4.78 is 6.86. The fourth-order valence-corrected chi connectivity index (χ4v) is 1.81. The minimum absolute atomic E-state index is 0.0578. The Labute approximate surface area is 108 Å². The summed E-state index contributed by atoms with van der Waals surface area (Å²) in [4.78, 5) is 12.0. The first-order valence-electron chi connectivity index (χ1n) is 6.41. The number of hydrogen-bond donors (Lipinski definition) is 2. The minimum Gasteiger partial charge on any atom is -0.397 e. The Balaban J connectivity index is 2.45. The molecular weight excluding hydrogens is 230 g/mol. The summed E-state index contributed by atoms with van der Waals surface area (Å²) in [6.07, 6.45) is 4.66. The number of ether oxygens (including phenoxy) is 1. The second-order valence-corrected chi connectivity index (χ2v) is 4.31. The summed E-state index contributed by atoms with van der Waals surface area (Å²) >= 11 is 0. The Hall–Kier alpha value is -1.49. The maximum absolute atomic E-state index is 12.0. The van der Waals surface area contributed by atoms with Crippen molar-refractivity contribution < 1.29 is 9.53 Å². The van der Waals surface area contributed by atoms with E-state index in [-0.39, 0.29) is 5.91 Å². The van der Waals surface area contributed by atoms with Gasteiger partial charge in [0.1, 0.15) is 5.69 Å². The molecule has 1 amide bonds. The molecule has 5 heteroatoms. The molecule has 1 aromatic rings. The normalized spacial score (nSPS) is 10.6. The van der Waals surface area contributed by atoms with Crippen molar-refractivity contribution in [2.75, 3.05) is 26.0 Å². The molecule has 0 aromatic carbocycles. The summed E-state index contributed by atoms with van der Waals surface area (Å²) in [5.74, 6) is -0.0578. The number of methoxy groups -OCH3 is 1. The average molecular weight is 253 g/mol. The summed E-state index contributed by atoms with van der Waals surface area (Å²) in [6, 6.07) is 1.72. The Morgan fingerprint density at radius 1 is 1.50 bits per heavy atom. The standard InChI is InChI=1S/C13H23N3O2/c1-3-7-16-10-11(14)9-12(16)13(17)15-6-4-5-8-18-2/h9-10H,3-8,14H2,1-2H3,(H,15,17). The van der Waals surface area contributed by atoms with Crippen LogP contribution in [0.25, 0.3) is 0 Å². The summed E-state index contributed by atoms with van der Waals surface area (Å²) in [5, 5.41) is 2.90. The van der Waals surface area contributed by atoms with Crippen molar-refractivity contribution in [2.24, 2.45) is 0 Å². The lowest BCUT2D eigenvalue weighted by Crippen LogP contribution is -2.26. The number of aryl methyl sites for hydroxylation is 1. The van der Waals surface area contributed by atoms with E-state index in [1.54, 1.807) is 13.2 Å². The Morgan fingerprint density at radius 3 is 2.94 bits per heavy atom. The van der Waals surface area contributed by atoms with Gasteiger partial charge in [0, 0.05) is 33.0 Å². The van der Waals surface area contributed by atoms with E-state index in [4.69, 9.17) is 10.5 Å². The second kappa shape index (κ2) is 7.76. The monoisotopic (exact) mass is 253 g/mol. The van der Waals surface area contributed by atoms with Gasteiger partial charge in [-0.05, 0) is 25.3 Å². The third-order valence-corrected chi connectivity index (χ3v) is 2.68. The predicted octanol–water partition coefficient (Wildman–Crippen LogP) is 1.64. The zero-order valence-corrected chi connectivity index (χ0v) is 11.2. The van der Waals surface area contributed by atoms with Crippen LogP contribution in [-0.4, -0.2) is 30.7 Å². The van der Waals surface area contributed by atoms with Crippen molar-refractivity contribution in [3.63, 3.8) is 0 Å². The van der Waals surface area contributed by atoms with Crippen LogP contribution in [0.15, 0.2) is 12.3 Å². The maximum Gasteiger partial charge on any atom is 0.267 e. The van der Waals surface area contributed by atoms with Crippen molar-refractivity contribution in [1.82, 2.24) is 9.88 Å². The molecule has 0 aliphatic rings. The number of anilines is 1. The molecule has 5 nitrogen and oxygen atoms in total. The van der Waals surface area contributed by atoms with Gasteiger partial charge in [0.2, 0.25) is 0 Å². The average Bonchev–Trinajstić information content (AvgIpc) is 2.70. The number of amides is 1. The van der Waals surface area contributed by atoms with Gasteiger partial charge in [0.25, 0.3) is 5.91 Å². The molecule has 0 atom stereocenters. The van der Waals surface area contributed by atoms with Gasteiger partial charge < -0.3 is 20.4 Å². The summed E-state index contributed by atoms with van der Waals surface area (Å²) in [7, 11) is 1.68. The number of hydrogen-bond acceptors (Lipinski definition) is 3. The molecule has 102 valence electrons. The molecule has 0 bridgehead atoms. The highest BCUT2D eigenvalue weighted by Gasteiger charge is 2.11. The van der Waals surface area contributed by atoms with Gasteiger partial charge in [-0.2, -0.15) is 0 Å². The van der Waals surface area contributed by atoms with Gasteiger partial charge >= 0.3 is 0 Å². The second-order valence-electron chi connectivity index (χ2n) is 4.31. The molecule has 3 N–H and O–H groups in total. The highest BCUT2D eigenvalue weighted by Crippen LogP contribution is 2.11. The number of rotatable bonds is 8. The minimum atomic E-state index is -0.0578. The third-order valence-electron chi connectivity index (χ3n) is 2.68. The van der Waals surface area contributed by atoms with E-state index < -0.39 is 0 Å². The maximum atomic E-state index is 12.0. The number of nitrogens with one attached hydrogen (secondary N) is 1. The molecule has 1 heterocycles. The van der Waals surface area contributed by atoms with Crippen LogP contribution in [-0.2, 0) is 11.3 Å². The lowest BCUT2D eigenvalue weighted by atomic mass is 10.3. The van der Waals surface area contributed by atoms with Gasteiger partial charge in [0.15, 0.2) is 0 Å². The molecule has 0 saturated heterocycles. The molecule has 1 rings (SSSR count). The number of carbonyl (C=O) groups is 1. The Bertz CT molecular complexity index is 374. The fourth-order valence-electron chi connectivity index (χ4n) is 1.81. The van der Waals surface area contributed by atoms with Crippen LogP contribution in [0.5, 0.6) is 0 Å². The van der Waals surface area contributed by atoms with Crippen LogP contribution < -0.4 is 11.1 Å². The van der Waals surface area contributed by atoms with E-state index in [1.807, 2.05) is 10.8 Å². The zero-order valence-electron chi connectivity index (χ0n) is 11.2. The molecular formula is C13H23N3O2. The number of nitrogens with zero attached hydrogens (tertiary/aromatic N) is 1. The Kier molecular flexibility index (Phi) is 6.28. The van der Waals surface area contributed by atoms with E-state index in [0.29, 0.717) is 17.9 Å². The lowest BCUT2D eigenvalue weighted by molar-refractivity contribution is 0.0942. The van der Waals surface area contributed by atoms with Gasteiger partial charge in [-0.1, -0.05) is 6.92 Å². The van der Waals surface area contributed by atoms with Crippen LogP contribution in [0.1, 0.15) is 36.7 Å². The number of unbranched alkanes of at least 4 members (excludes halogenated alkanes) is 1. The van der Waals surface area contributed by atoms with Gasteiger partial charge in [0.05, 0.1) is 5.69 Å². The number of aromatic nitrogens is 1. The van der Waals surface area contributed by atoms with Crippen molar-refractivity contribution in [1.29, 1.82) is 0 Å². The van der Waals surface area contributed by atoms with Crippen LogP contribution >= 0.6 is 0 Å². The summed E-state index contributed by atoms with van der Waals surface area (Å²) in [6.45, 7) is 4.28. The van der Waals surface area contributed by atoms with Crippen molar-refractivity contribution in [3.05, 3.63) is 18.0 Å². The van der Waals surface area contributed by atoms with Crippen molar-refractivity contribution in [3.8, 4) is 0 Å². The molecule has 0 radical (unpaired) electrons. The molecule has 0 unspecified atom stereocenters. The van der Waals surface area contributed by atoms with E-state index in [2.05, 4.69) is 12.2 Å². The predicted molar refractivity (Wildman–Crippen MR) is 72.6 cm³/mol. The van der Waals surface area contributed by atoms with E-state index in [0.717, 1.165) is 32.4 Å². The fraction of sp³-hybridized carbons (Fsp3) is 0.615. The highest BCUT2D eigenvalue weighted by atomic mass is 16.5. The number of nitrogens with two attached hydrogens (primary N) is 1. The van der Waals surface area contributed by atoms with Crippen molar-refractivity contribution in [2.45, 2.75) is 32.7 Å². The molecule has 0 spiro atoms. The van der Waals surface area contributed by atoms with Gasteiger partial charge in [-0.15, -0.1) is 0 Å². The van der Waals surface area contributed by atoms with E-state index in [1.165, 1.54) is 0 Å². The molecule has 0 aliphatic heterocycles. The van der Waals surface area contributed by atoms with E-state index >= 15 is 0 Å². The first-order valence-corrected chi connectivity index (χ1v) is 6.41. The molecule has 1 aromatic heterocycles. The third kappa shape index (κ3) is 4.41. The zero-order chi connectivity index (χ0) is 13.4. The van der Waals surface area contributed by atoms with Crippen LogP contribution in [0, 0.1) is 0 Å². The van der Waals surface area contributed by atoms with Crippen LogP contribution in [0.2, 0.25) is 0 Å². The first kappa shape index (κ1) is 14.6.